The molecule has 0 atom stereocenters. The molecule has 0 bridgehead atoms. The Hall–Kier alpha value is -3.49. The minimum absolute atomic E-state index is 0.0771. The number of sulfonamides is 1. The van der Waals surface area contributed by atoms with Crippen LogP contribution in [0.4, 0.5) is 5.69 Å². The van der Waals surface area contributed by atoms with Gasteiger partial charge in [-0.2, -0.15) is 0 Å². The van der Waals surface area contributed by atoms with Crippen LogP contribution in [0.15, 0.2) is 78.0 Å². The SMILES string of the molecule is COc1cc(C(=O)I)ncc1C#Cc1ccccc1NS(=O)(=O)c1cccc2cccnc12. The Morgan fingerprint density at radius 3 is 2.55 bits per heavy atom. The fourth-order valence-corrected chi connectivity index (χ4v) is 4.67. The lowest BCUT2D eigenvalue weighted by atomic mass is 10.1. The molecule has 164 valence electrons. The number of pyridine rings is 2. The van der Waals surface area contributed by atoms with Gasteiger partial charge in [0, 0.05) is 52.0 Å². The van der Waals surface area contributed by atoms with Crippen LogP contribution in [0.5, 0.6) is 5.75 Å². The van der Waals surface area contributed by atoms with E-state index in [1.165, 1.54) is 25.4 Å². The lowest BCUT2D eigenvalue weighted by Gasteiger charge is -2.11. The molecule has 2 aromatic heterocycles. The summed E-state index contributed by atoms with van der Waals surface area (Å²) in [5.41, 5.74) is 1.90. The number of hydrogen-bond donors (Lipinski definition) is 1. The summed E-state index contributed by atoms with van der Waals surface area (Å²) < 4.78 is 34.1. The number of benzene rings is 2. The van der Waals surface area contributed by atoms with E-state index in [0.29, 0.717) is 28.1 Å². The highest BCUT2D eigenvalue weighted by molar-refractivity contribution is 14.1. The molecule has 7 nitrogen and oxygen atoms in total. The van der Waals surface area contributed by atoms with E-state index in [2.05, 4.69) is 26.5 Å². The van der Waals surface area contributed by atoms with Gasteiger partial charge in [0.2, 0.25) is 3.79 Å². The summed E-state index contributed by atoms with van der Waals surface area (Å²) in [5.74, 6) is 6.31. The van der Waals surface area contributed by atoms with Gasteiger partial charge in [0.1, 0.15) is 16.3 Å². The number of fused-ring (bicyclic) bond motifs is 1. The maximum atomic E-state index is 13.2. The molecule has 0 aliphatic rings. The summed E-state index contributed by atoms with van der Waals surface area (Å²) in [6, 6.07) is 16.9. The number of rotatable bonds is 5. The van der Waals surface area contributed by atoms with Crippen LogP contribution in [0.2, 0.25) is 0 Å². The predicted molar refractivity (Wildman–Crippen MR) is 134 cm³/mol. The average molecular weight is 569 g/mol. The third-order valence-electron chi connectivity index (χ3n) is 4.68. The maximum Gasteiger partial charge on any atom is 0.264 e. The topological polar surface area (TPSA) is 98.2 Å². The van der Waals surface area contributed by atoms with Crippen LogP contribution < -0.4 is 9.46 Å². The second-order valence-corrected chi connectivity index (χ2v) is 9.41. The Balaban J connectivity index is 1.71. The number of carbonyl (C=O) groups excluding carboxylic acids is 1. The quantitative estimate of drug-likeness (QED) is 0.217. The molecule has 2 aromatic carbocycles. The molecule has 0 aliphatic carbocycles. The molecule has 1 N–H and O–H groups in total. The van der Waals surface area contributed by atoms with Crippen molar-refractivity contribution in [3.63, 3.8) is 0 Å². The van der Waals surface area contributed by atoms with Gasteiger partial charge in [-0.15, -0.1) is 0 Å². The molecule has 0 unspecified atom stereocenters. The van der Waals surface area contributed by atoms with E-state index < -0.39 is 10.0 Å². The van der Waals surface area contributed by atoms with Gasteiger partial charge in [-0.25, -0.2) is 8.42 Å². The first kappa shape index (κ1) is 22.7. The van der Waals surface area contributed by atoms with Crippen LogP contribution in [0.25, 0.3) is 10.9 Å². The van der Waals surface area contributed by atoms with Gasteiger partial charge < -0.3 is 4.74 Å². The van der Waals surface area contributed by atoms with Gasteiger partial charge >= 0.3 is 0 Å². The number of aromatic nitrogens is 2. The number of nitrogens with zero attached hydrogens (tertiary/aromatic N) is 2. The Labute approximate surface area is 204 Å². The van der Waals surface area contributed by atoms with E-state index in [1.807, 2.05) is 0 Å². The highest BCUT2D eigenvalue weighted by Crippen LogP contribution is 2.25. The molecular formula is C24H16IN3O4S. The fraction of sp³-hybridized carbons (Fsp3) is 0.0417. The molecule has 4 aromatic rings. The summed E-state index contributed by atoms with van der Waals surface area (Å²) in [6.07, 6.45) is 3.01. The third-order valence-corrected chi connectivity index (χ3v) is 6.63. The Morgan fingerprint density at radius 2 is 1.76 bits per heavy atom. The zero-order valence-electron chi connectivity index (χ0n) is 17.2. The van der Waals surface area contributed by atoms with Gasteiger partial charge in [0.25, 0.3) is 10.0 Å². The van der Waals surface area contributed by atoms with Crippen molar-refractivity contribution in [3.8, 4) is 17.6 Å². The van der Waals surface area contributed by atoms with Crippen molar-refractivity contribution in [2.24, 2.45) is 0 Å². The number of anilines is 1. The largest absolute Gasteiger partial charge is 0.495 e. The normalized spacial score (nSPS) is 10.8. The molecule has 33 heavy (non-hydrogen) atoms. The Morgan fingerprint density at radius 1 is 1.00 bits per heavy atom. The van der Waals surface area contributed by atoms with Crippen LogP contribution in [-0.2, 0) is 10.0 Å². The van der Waals surface area contributed by atoms with Crippen LogP contribution in [0.1, 0.15) is 21.6 Å². The van der Waals surface area contributed by atoms with Gasteiger partial charge in [0.05, 0.1) is 23.9 Å². The Bertz CT molecular complexity index is 1540. The van der Waals surface area contributed by atoms with Crippen LogP contribution in [0.3, 0.4) is 0 Å². The first-order valence-electron chi connectivity index (χ1n) is 9.60. The molecule has 4 rings (SSSR count). The summed E-state index contributed by atoms with van der Waals surface area (Å²) >= 11 is 1.65. The number of para-hydroxylation sites is 2. The molecule has 0 fully saturated rings. The molecule has 0 radical (unpaired) electrons. The van der Waals surface area contributed by atoms with Crippen molar-refractivity contribution >= 4 is 53.0 Å². The molecule has 0 aliphatic heterocycles. The lowest BCUT2D eigenvalue weighted by molar-refractivity contribution is 0.110. The average Bonchev–Trinajstić information content (AvgIpc) is 2.82. The van der Waals surface area contributed by atoms with Crippen LogP contribution >= 0.6 is 22.6 Å². The summed E-state index contributed by atoms with van der Waals surface area (Å²) in [4.78, 5) is 19.9. The summed E-state index contributed by atoms with van der Waals surface area (Å²) in [6.45, 7) is 0. The molecule has 0 saturated carbocycles. The number of hydrogen-bond acceptors (Lipinski definition) is 6. The molecular weight excluding hydrogens is 553 g/mol. The van der Waals surface area contributed by atoms with E-state index in [-0.39, 0.29) is 14.4 Å². The minimum Gasteiger partial charge on any atom is -0.495 e. The smallest absolute Gasteiger partial charge is 0.264 e. The van der Waals surface area contributed by atoms with Gasteiger partial charge in [0.15, 0.2) is 0 Å². The van der Waals surface area contributed by atoms with E-state index in [9.17, 15) is 13.2 Å². The molecule has 9 heteroatoms. The zero-order valence-corrected chi connectivity index (χ0v) is 20.2. The number of nitrogens with one attached hydrogen (secondary N) is 1. The van der Waals surface area contributed by atoms with Crippen molar-refractivity contribution in [3.05, 3.63) is 89.9 Å². The van der Waals surface area contributed by atoms with E-state index in [4.69, 9.17) is 4.74 Å². The van der Waals surface area contributed by atoms with Crippen LogP contribution in [0, 0.1) is 11.8 Å². The van der Waals surface area contributed by atoms with E-state index in [0.717, 1.165) is 5.39 Å². The van der Waals surface area contributed by atoms with Crippen molar-refractivity contribution in [1.82, 2.24) is 9.97 Å². The number of carbonyl (C=O) groups is 1. The van der Waals surface area contributed by atoms with Crippen molar-refractivity contribution in [1.29, 1.82) is 0 Å². The minimum atomic E-state index is -3.93. The van der Waals surface area contributed by atoms with Gasteiger partial charge in [-0.3, -0.25) is 19.5 Å². The van der Waals surface area contributed by atoms with E-state index in [1.54, 1.807) is 77.3 Å². The second kappa shape index (κ2) is 9.56. The summed E-state index contributed by atoms with van der Waals surface area (Å²) in [5, 5.41) is 0.724. The second-order valence-electron chi connectivity index (χ2n) is 6.78. The van der Waals surface area contributed by atoms with Crippen molar-refractivity contribution < 1.29 is 17.9 Å². The number of halogens is 1. The highest BCUT2D eigenvalue weighted by atomic mass is 127. The standard InChI is InChI=1S/C24H16IN3O4S/c1-32-21-14-20(24(25)29)27-15-18(21)12-11-16-6-2-3-9-19(16)28-33(30,31)22-10-4-7-17-8-5-13-26-23(17)22/h2-10,13-15,28H,1H3. The maximum absolute atomic E-state index is 13.2. The van der Waals surface area contributed by atoms with Gasteiger partial charge in [-0.1, -0.05) is 42.2 Å². The zero-order chi connectivity index (χ0) is 23.4. The molecule has 2 heterocycles. The van der Waals surface area contributed by atoms with Crippen LogP contribution in [-0.4, -0.2) is 29.3 Å². The first-order valence-corrected chi connectivity index (χ1v) is 12.2. The van der Waals surface area contributed by atoms with Gasteiger partial charge in [-0.05, 0) is 24.3 Å². The van der Waals surface area contributed by atoms with E-state index >= 15 is 0 Å². The monoisotopic (exact) mass is 569 g/mol. The third kappa shape index (κ3) is 4.97. The number of ether oxygens (including phenoxy) is 1. The lowest BCUT2D eigenvalue weighted by Crippen LogP contribution is -2.14. The Kier molecular flexibility index (Phi) is 6.57. The highest BCUT2D eigenvalue weighted by Gasteiger charge is 2.19. The van der Waals surface area contributed by atoms with Crippen molar-refractivity contribution in [2.45, 2.75) is 4.90 Å². The molecule has 0 amide bonds. The van der Waals surface area contributed by atoms with Crippen molar-refractivity contribution in [2.75, 3.05) is 11.8 Å². The summed E-state index contributed by atoms with van der Waals surface area (Å²) in [7, 11) is -2.45. The number of methoxy groups -OCH3 is 1. The fourth-order valence-electron chi connectivity index (χ4n) is 3.12. The molecule has 0 saturated heterocycles. The molecule has 0 spiro atoms. The first-order chi connectivity index (χ1) is 15.9. The predicted octanol–water partition coefficient (Wildman–Crippen LogP) is 4.41.